The smallest absolute Gasteiger partial charge is 0.155 e. The van der Waals surface area contributed by atoms with Crippen LogP contribution in [0.15, 0.2) is 29.3 Å². The van der Waals surface area contributed by atoms with E-state index >= 15 is 0 Å². The molecule has 100 valence electrons. The molecule has 0 spiro atoms. The van der Waals surface area contributed by atoms with E-state index in [1.165, 1.54) is 5.69 Å². The molecule has 3 heterocycles. The van der Waals surface area contributed by atoms with E-state index in [-0.39, 0.29) is 0 Å². The van der Waals surface area contributed by atoms with Crippen LogP contribution in [0.1, 0.15) is 24.7 Å². The van der Waals surface area contributed by atoms with Crippen molar-refractivity contribution < 1.29 is 0 Å². The molecule has 0 saturated carbocycles. The van der Waals surface area contributed by atoms with Crippen LogP contribution in [0.5, 0.6) is 0 Å². The maximum Gasteiger partial charge on any atom is 0.155 e. The highest BCUT2D eigenvalue weighted by atomic mass is 79.9. The second-order valence-electron chi connectivity index (χ2n) is 5.21. The maximum atomic E-state index is 4.58. The number of halogens is 1. The lowest BCUT2D eigenvalue weighted by Crippen LogP contribution is -2.28. The fraction of sp³-hybridized carbons (Fsp3) is 0.429. The Kier molecular flexibility index (Phi) is 3.31. The number of nitrogens with one attached hydrogen (secondary N) is 1. The molecule has 3 rings (SSSR count). The standard InChI is InChI=1S/C14H17BrN4/c1-9-5-11(3-4-16-9)6-12-10(2)18-14-7-17-13(15)8-19(12)14/h3-4,7-9,11,16H,5-6H2,1-2H3/t9-,11?/m1/s1. The molecule has 1 unspecified atom stereocenters. The highest BCUT2D eigenvalue weighted by Crippen LogP contribution is 2.22. The zero-order valence-electron chi connectivity index (χ0n) is 11.1. The van der Waals surface area contributed by atoms with E-state index in [1.54, 1.807) is 0 Å². The zero-order valence-corrected chi connectivity index (χ0v) is 12.7. The summed E-state index contributed by atoms with van der Waals surface area (Å²) in [7, 11) is 0. The summed E-state index contributed by atoms with van der Waals surface area (Å²) in [5.41, 5.74) is 3.29. The monoisotopic (exact) mass is 320 g/mol. The van der Waals surface area contributed by atoms with Crippen molar-refractivity contribution in [2.75, 3.05) is 0 Å². The third kappa shape index (κ3) is 2.52. The predicted molar refractivity (Wildman–Crippen MR) is 79.0 cm³/mol. The van der Waals surface area contributed by atoms with Crippen molar-refractivity contribution in [2.45, 2.75) is 32.7 Å². The van der Waals surface area contributed by atoms with Gasteiger partial charge in [-0.1, -0.05) is 6.08 Å². The van der Waals surface area contributed by atoms with Crippen molar-refractivity contribution in [3.63, 3.8) is 0 Å². The van der Waals surface area contributed by atoms with Gasteiger partial charge in [0.1, 0.15) is 4.60 Å². The van der Waals surface area contributed by atoms with E-state index in [0.717, 1.165) is 28.8 Å². The van der Waals surface area contributed by atoms with Crippen molar-refractivity contribution in [1.29, 1.82) is 0 Å². The first kappa shape index (κ1) is 12.7. The van der Waals surface area contributed by atoms with Crippen molar-refractivity contribution in [3.05, 3.63) is 40.7 Å². The van der Waals surface area contributed by atoms with Gasteiger partial charge in [0.2, 0.25) is 0 Å². The van der Waals surface area contributed by atoms with Crippen LogP contribution >= 0.6 is 15.9 Å². The summed E-state index contributed by atoms with van der Waals surface area (Å²) in [5.74, 6) is 0.571. The van der Waals surface area contributed by atoms with Crippen LogP contribution in [0.4, 0.5) is 0 Å². The minimum atomic E-state index is 0.544. The Balaban J connectivity index is 1.95. The summed E-state index contributed by atoms with van der Waals surface area (Å²) in [6, 6.07) is 0.544. The summed E-state index contributed by atoms with van der Waals surface area (Å²) in [4.78, 5) is 8.81. The SMILES string of the molecule is Cc1nc2cnc(Br)cn2c1CC1C=CN[C@H](C)C1. The number of imidazole rings is 1. The molecule has 0 aromatic carbocycles. The molecule has 1 aliphatic rings. The molecule has 0 saturated heterocycles. The van der Waals surface area contributed by atoms with Crippen molar-refractivity contribution in [3.8, 4) is 0 Å². The average Bonchev–Trinajstić information content (AvgIpc) is 2.66. The Morgan fingerprint density at radius 2 is 2.37 bits per heavy atom. The summed E-state index contributed by atoms with van der Waals surface area (Å²) in [6.07, 6.45) is 10.3. The second kappa shape index (κ2) is 4.96. The Morgan fingerprint density at radius 1 is 1.53 bits per heavy atom. The Labute approximate surface area is 121 Å². The molecule has 1 aliphatic heterocycles. The summed E-state index contributed by atoms with van der Waals surface area (Å²) >= 11 is 3.43. The van der Waals surface area contributed by atoms with Gasteiger partial charge < -0.3 is 5.32 Å². The van der Waals surface area contributed by atoms with E-state index in [2.05, 4.69) is 61.7 Å². The molecule has 2 atom stereocenters. The van der Waals surface area contributed by atoms with Gasteiger partial charge in [-0.3, -0.25) is 4.40 Å². The van der Waals surface area contributed by atoms with Gasteiger partial charge in [0.15, 0.2) is 5.65 Å². The van der Waals surface area contributed by atoms with E-state index < -0.39 is 0 Å². The van der Waals surface area contributed by atoms with Crippen LogP contribution in [0.3, 0.4) is 0 Å². The van der Waals surface area contributed by atoms with Crippen LogP contribution in [0.25, 0.3) is 5.65 Å². The first-order valence-corrected chi connectivity index (χ1v) is 7.34. The molecule has 2 aromatic heterocycles. The van der Waals surface area contributed by atoms with Gasteiger partial charge >= 0.3 is 0 Å². The van der Waals surface area contributed by atoms with E-state index in [9.17, 15) is 0 Å². The van der Waals surface area contributed by atoms with E-state index in [4.69, 9.17) is 0 Å². The summed E-state index contributed by atoms with van der Waals surface area (Å²) < 4.78 is 2.99. The van der Waals surface area contributed by atoms with Crippen LogP contribution in [-0.4, -0.2) is 20.4 Å². The highest BCUT2D eigenvalue weighted by Gasteiger charge is 2.18. The molecule has 0 bridgehead atoms. The number of hydrogen-bond donors (Lipinski definition) is 1. The number of aryl methyl sites for hydroxylation is 1. The number of fused-ring (bicyclic) bond motifs is 1. The van der Waals surface area contributed by atoms with E-state index in [0.29, 0.717) is 12.0 Å². The third-order valence-corrected chi connectivity index (χ3v) is 4.05. The summed E-state index contributed by atoms with van der Waals surface area (Å²) in [5, 5.41) is 3.33. The first-order chi connectivity index (χ1) is 9.13. The number of allylic oxidation sites excluding steroid dienone is 1. The highest BCUT2D eigenvalue weighted by molar-refractivity contribution is 9.10. The van der Waals surface area contributed by atoms with Crippen LogP contribution in [0, 0.1) is 12.8 Å². The number of rotatable bonds is 2. The Morgan fingerprint density at radius 3 is 3.16 bits per heavy atom. The molecule has 5 heteroatoms. The molecule has 4 nitrogen and oxygen atoms in total. The Bertz CT molecular complexity index is 632. The molecule has 1 N–H and O–H groups in total. The third-order valence-electron chi connectivity index (χ3n) is 3.64. The molecule has 0 fully saturated rings. The topological polar surface area (TPSA) is 42.2 Å². The largest absolute Gasteiger partial charge is 0.389 e. The maximum absolute atomic E-state index is 4.58. The second-order valence-corrected chi connectivity index (χ2v) is 6.02. The van der Waals surface area contributed by atoms with Crippen LogP contribution in [-0.2, 0) is 6.42 Å². The lowest BCUT2D eigenvalue weighted by molar-refractivity contribution is 0.454. The first-order valence-electron chi connectivity index (χ1n) is 6.55. The van der Waals surface area contributed by atoms with Gasteiger partial charge in [0, 0.05) is 17.9 Å². The molecule has 2 aromatic rings. The quantitative estimate of drug-likeness (QED) is 0.925. The number of hydrogen-bond acceptors (Lipinski definition) is 3. The van der Waals surface area contributed by atoms with Crippen LogP contribution in [0.2, 0.25) is 0 Å². The molecular formula is C14H17BrN4. The number of aromatic nitrogens is 3. The minimum absolute atomic E-state index is 0.544. The predicted octanol–water partition coefficient (Wildman–Crippen LogP) is 2.85. The lowest BCUT2D eigenvalue weighted by Gasteiger charge is -2.23. The fourth-order valence-corrected chi connectivity index (χ4v) is 3.01. The van der Waals surface area contributed by atoms with Gasteiger partial charge in [-0.15, -0.1) is 0 Å². The summed E-state index contributed by atoms with van der Waals surface area (Å²) in [6.45, 7) is 4.29. The van der Waals surface area contributed by atoms with Crippen LogP contribution < -0.4 is 5.32 Å². The van der Waals surface area contributed by atoms with Crippen molar-refractivity contribution >= 4 is 21.6 Å². The minimum Gasteiger partial charge on any atom is -0.389 e. The number of nitrogens with zero attached hydrogens (tertiary/aromatic N) is 3. The van der Waals surface area contributed by atoms with Gasteiger partial charge in [-0.2, -0.15) is 0 Å². The van der Waals surface area contributed by atoms with Crippen molar-refractivity contribution in [2.24, 2.45) is 5.92 Å². The Hall–Kier alpha value is -1.36. The van der Waals surface area contributed by atoms with Gasteiger partial charge in [-0.25, -0.2) is 9.97 Å². The van der Waals surface area contributed by atoms with Crippen molar-refractivity contribution in [1.82, 2.24) is 19.7 Å². The normalized spacial score (nSPS) is 22.7. The molecule has 0 aliphatic carbocycles. The molecular weight excluding hydrogens is 304 g/mol. The molecule has 0 radical (unpaired) electrons. The van der Waals surface area contributed by atoms with Gasteiger partial charge in [0.25, 0.3) is 0 Å². The molecule has 0 amide bonds. The van der Waals surface area contributed by atoms with Gasteiger partial charge in [0.05, 0.1) is 11.9 Å². The lowest BCUT2D eigenvalue weighted by atomic mass is 9.93. The molecule has 19 heavy (non-hydrogen) atoms. The zero-order chi connectivity index (χ0) is 13.4. The van der Waals surface area contributed by atoms with E-state index in [1.807, 2.05) is 12.4 Å². The fourth-order valence-electron chi connectivity index (χ4n) is 2.70. The van der Waals surface area contributed by atoms with Gasteiger partial charge in [-0.05, 0) is 54.7 Å². The average molecular weight is 321 g/mol.